The van der Waals surface area contributed by atoms with Gasteiger partial charge in [0.1, 0.15) is 6.10 Å². The van der Waals surface area contributed by atoms with Crippen molar-refractivity contribution in [2.45, 2.75) is 42.1 Å². The Hall–Kier alpha value is -0.840. The van der Waals surface area contributed by atoms with Crippen molar-refractivity contribution in [1.29, 1.82) is 0 Å². The lowest BCUT2D eigenvalue weighted by Crippen LogP contribution is -2.07. The van der Waals surface area contributed by atoms with Crippen LogP contribution in [0.1, 0.15) is 31.7 Å². The van der Waals surface area contributed by atoms with Crippen molar-refractivity contribution in [2.24, 2.45) is 0 Å². The lowest BCUT2D eigenvalue weighted by Gasteiger charge is -2.11. The number of hydrogen-bond donors (Lipinski definition) is 1. The van der Waals surface area contributed by atoms with Gasteiger partial charge in [0.05, 0.1) is 5.03 Å². The van der Waals surface area contributed by atoms with Gasteiger partial charge in [-0.25, -0.2) is 0 Å². The van der Waals surface area contributed by atoms with Crippen LogP contribution in [0.25, 0.3) is 5.57 Å². The number of unbranched alkanes of at least 4 members (excludes halogenated alkanes) is 1. The minimum Gasteiger partial charge on any atom is -0.383 e. The monoisotopic (exact) mass is 333 g/mol. The Morgan fingerprint density at radius 3 is 3.09 bits per heavy atom. The fraction of sp³-hybridized carbons (Fsp3) is 0.444. The lowest BCUT2D eigenvalue weighted by atomic mass is 10.0. The Kier molecular flexibility index (Phi) is 4.91. The molecule has 1 aromatic rings. The molecular formula is C18H23NOS2. The van der Waals surface area contributed by atoms with E-state index in [0.29, 0.717) is 0 Å². The van der Waals surface area contributed by atoms with Gasteiger partial charge in [0.15, 0.2) is 4.93 Å². The smallest absolute Gasteiger partial charge is 0.154 e. The first-order valence-corrected chi connectivity index (χ1v) is 9.67. The molecule has 1 fully saturated rings. The summed E-state index contributed by atoms with van der Waals surface area (Å²) in [6.45, 7) is 6.10. The maximum Gasteiger partial charge on any atom is 0.154 e. The number of benzene rings is 1. The second kappa shape index (κ2) is 6.73. The average Bonchev–Trinajstić information content (AvgIpc) is 3.12. The van der Waals surface area contributed by atoms with Gasteiger partial charge in [-0.3, -0.25) is 0 Å². The van der Waals surface area contributed by atoms with E-state index in [-0.39, 0.29) is 11.0 Å². The standard InChI is InChI=1S/C18H23NOS2/c1-4-6-11-21-14-9-7-8-13(12-14)15-16-18(20-16,10-5-2)22-17(15)19-3/h5,7-9,12,16,19H,2,4,6,10-11H2,1,3H3. The van der Waals surface area contributed by atoms with Crippen LogP contribution in [0.5, 0.6) is 0 Å². The minimum absolute atomic E-state index is 0.0964. The molecular weight excluding hydrogens is 310 g/mol. The normalized spacial score (nSPS) is 26.0. The average molecular weight is 334 g/mol. The zero-order valence-electron chi connectivity index (χ0n) is 13.2. The van der Waals surface area contributed by atoms with Crippen molar-refractivity contribution in [1.82, 2.24) is 5.32 Å². The van der Waals surface area contributed by atoms with Gasteiger partial charge in [0.25, 0.3) is 0 Å². The first-order valence-electron chi connectivity index (χ1n) is 7.87. The van der Waals surface area contributed by atoms with E-state index in [0.717, 1.165) is 6.42 Å². The molecule has 3 rings (SSSR count). The molecule has 0 radical (unpaired) electrons. The van der Waals surface area contributed by atoms with E-state index in [4.69, 9.17) is 4.74 Å². The van der Waals surface area contributed by atoms with Crippen LogP contribution in [-0.4, -0.2) is 23.8 Å². The number of epoxide rings is 1. The first kappa shape index (κ1) is 16.0. The van der Waals surface area contributed by atoms with E-state index in [1.165, 1.54) is 39.7 Å². The first-order chi connectivity index (χ1) is 10.7. The van der Waals surface area contributed by atoms with Crippen LogP contribution >= 0.6 is 23.5 Å². The van der Waals surface area contributed by atoms with Gasteiger partial charge in [-0.1, -0.05) is 43.3 Å². The molecule has 0 saturated carbocycles. The SMILES string of the molecule is C=CCC12OC1C(c1cccc(SCCCC)c1)=C(NC)S2. The Balaban J connectivity index is 1.81. The van der Waals surface area contributed by atoms with E-state index >= 15 is 0 Å². The van der Waals surface area contributed by atoms with E-state index < -0.39 is 0 Å². The summed E-state index contributed by atoms with van der Waals surface area (Å²) in [7, 11) is 1.99. The number of ether oxygens (including phenoxy) is 1. The van der Waals surface area contributed by atoms with Crippen LogP contribution in [-0.2, 0) is 4.74 Å². The number of thioether (sulfide) groups is 2. The van der Waals surface area contributed by atoms with Crippen LogP contribution in [0.3, 0.4) is 0 Å². The Bertz CT molecular complexity index is 599. The molecule has 4 heteroatoms. The van der Waals surface area contributed by atoms with Crippen LogP contribution < -0.4 is 5.32 Å². The summed E-state index contributed by atoms with van der Waals surface area (Å²) in [6, 6.07) is 8.86. The fourth-order valence-electron chi connectivity index (χ4n) is 2.82. The van der Waals surface area contributed by atoms with Crippen LogP contribution in [0.15, 0.2) is 46.8 Å². The summed E-state index contributed by atoms with van der Waals surface area (Å²) in [5.74, 6) is 1.19. The Morgan fingerprint density at radius 2 is 2.36 bits per heavy atom. The molecule has 118 valence electrons. The van der Waals surface area contributed by atoms with Crippen molar-refractivity contribution in [2.75, 3.05) is 12.8 Å². The fourth-order valence-corrected chi connectivity index (χ4v) is 5.23. The molecule has 2 atom stereocenters. The van der Waals surface area contributed by atoms with Crippen molar-refractivity contribution < 1.29 is 4.74 Å². The highest BCUT2D eigenvalue weighted by molar-refractivity contribution is 8.05. The maximum atomic E-state index is 6.01. The van der Waals surface area contributed by atoms with E-state index in [1.807, 2.05) is 36.6 Å². The molecule has 1 N–H and O–H groups in total. The molecule has 0 aliphatic carbocycles. The van der Waals surface area contributed by atoms with Crippen molar-refractivity contribution in [3.05, 3.63) is 47.5 Å². The van der Waals surface area contributed by atoms with Crippen LogP contribution in [0.2, 0.25) is 0 Å². The number of hydrogen-bond acceptors (Lipinski definition) is 4. The third-order valence-electron chi connectivity index (χ3n) is 4.01. The van der Waals surface area contributed by atoms with E-state index in [1.54, 1.807) is 0 Å². The Morgan fingerprint density at radius 1 is 1.50 bits per heavy atom. The summed E-state index contributed by atoms with van der Waals surface area (Å²) in [5.41, 5.74) is 2.60. The number of fused-ring (bicyclic) bond motifs is 1. The van der Waals surface area contributed by atoms with Crippen molar-refractivity contribution in [3.8, 4) is 0 Å². The predicted molar refractivity (Wildman–Crippen MR) is 98.1 cm³/mol. The zero-order chi connectivity index (χ0) is 15.6. The van der Waals surface area contributed by atoms with Gasteiger partial charge in [-0.15, -0.1) is 18.3 Å². The number of rotatable bonds is 8. The number of nitrogens with one attached hydrogen (secondary N) is 1. The molecule has 1 saturated heterocycles. The third kappa shape index (κ3) is 2.97. The Labute approximate surface area is 141 Å². The van der Waals surface area contributed by atoms with Gasteiger partial charge in [-0.2, -0.15) is 0 Å². The minimum atomic E-state index is -0.0964. The topological polar surface area (TPSA) is 24.6 Å². The van der Waals surface area contributed by atoms with Gasteiger partial charge in [0, 0.05) is 23.9 Å². The molecule has 0 aromatic heterocycles. The highest BCUT2D eigenvalue weighted by Crippen LogP contribution is 2.63. The molecule has 1 aromatic carbocycles. The summed E-state index contributed by atoms with van der Waals surface area (Å²) < 4.78 is 6.01. The van der Waals surface area contributed by atoms with Gasteiger partial charge in [0.2, 0.25) is 0 Å². The third-order valence-corrected chi connectivity index (χ3v) is 6.54. The summed E-state index contributed by atoms with van der Waals surface area (Å²) >= 11 is 3.75. The summed E-state index contributed by atoms with van der Waals surface area (Å²) in [6.07, 6.45) is 5.57. The molecule has 2 aliphatic heterocycles. The van der Waals surface area contributed by atoms with Gasteiger partial charge in [-0.05, 0) is 29.9 Å². The molecule has 0 amide bonds. The molecule has 2 aliphatic rings. The second-order valence-electron chi connectivity index (χ2n) is 5.63. The summed E-state index contributed by atoms with van der Waals surface area (Å²) in [4.78, 5) is 1.25. The predicted octanol–water partition coefficient (Wildman–Crippen LogP) is 4.88. The molecule has 2 nitrogen and oxygen atoms in total. The molecule has 2 heterocycles. The quantitative estimate of drug-likeness (QED) is 0.317. The lowest BCUT2D eigenvalue weighted by molar-refractivity contribution is 0.371. The van der Waals surface area contributed by atoms with Crippen LogP contribution in [0.4, 0.5) is 0 Å². The molecule has 22 heavy (non-hydrogen) atoms. The second-order valence-corrected chi connectivity index (χ2v) is 8.10. The van der Waals surface area contributed by atoms with Crippen LogP contribution in [0, 0.1) is 0 Å². The highest BCUT2D eigenvalue weighted by Gasteiger charge is 2.63. The van der Waals surface area contributed by atoms with Crippen molar-refractivity contribution in [3.63, 3.8) is 0 Å². The summed E-state index contributed by atoms with van der Waals surface area (Å²) in [5, 5.41) is 4.59. The highest BCUT2D eigenvalue weighted by atomic mass is 32.2. The van der Waals surface area contributed by atoms with E-state index in [9.17, 15) is 0 Å². The largest absolute Gasteiger partial charge is 0.383 e. The molecule has 0 spiro atoms. The molecule has 0 bridgehead atoms. The zero-order valence-corrected chi connectivity index (χ0v) is 14.9. The van der Waals surface area contributed by atoms with E-state index in [2.05, 4.69) is 43.1 Å². The van der Waals surface area contributed by atoms with Crippen molar-refractivity contribution >= 4 is 29.1 Å². The van der Waals surface area contributed by atoms with Gasteiger partial charge < -0.3 is 10.1 Å². The molecule has 2 unspecified atom stereocenters. The maximum absolute atomic E-state index is 6.01. The van der Waals surface area contributed by atoms with Gasteiger partial charge >= 0.3 is 0 Å².